The van der Waals surface area contributed by atoms with Crippen LogP contribution < -0.4 is 0 Å². The summed E-state index contributed by atoms with van der Waals surface area (Å²) < 4.78 is 5.34. The van der Waals surface area contributed by atoms with Crippen LogP contribution in [0.4, 0.5) is 0 Å². The third-order valence-corrected chi connectivity index (χ3v) is 1.99. The zero-order valence-electron chi connectivity index (χ0n) is 5.77. The summed E-state index contributed by atoms with van der Waals surface area (Å²) in [5.41, 5.74) is 1.44. The Kier molecular flexibility index (Phi) is 0.696. The maximum absolute atomic E-state index is 5.34. The first-order valence-electron chi connectivity index (χ1n) is 3.29. The van der Waals surface area contributed by atoms with E-state index in [1.165, 1.54) is 11.3 Å². The molecule has 0 amide bonds. The minimum Gasteiger partial charge on any atom is -0.479 e. The fourth-order valence-corrected chi connectivity index (χ4v) is 1.16. The van der Waals surface area contributed by atoms with Crippen LogP contribution >= 0.6 is 0 Å². The van der Waals surface area contributed by atoms with Crippen LogP contribution in [-0.2, 0) is 4.74 Å². The van der Waals surface area contributed by atoms with Gasteiger partial charge >= 0.3 is 0 Å². The van der Waals surface area contributed by atoms with Gasteiger partial charge in [0, 0.05) is 6.42 Å². The lowest BCUT2D eigenvalue weighted by Crippen LogP contribution is -2.03. The van der Waals surface area contributed by atoms with Gasteiger partial charge in [-0.2, -0.15) is 0 Å². The van der Waals surface area contributed by atoms with Crippen molar-refractivity contribution in [3.63, 3.8) is 0 Å². The van der Waals surface area contributed by atoms with Gasteiger partial charge in [-0.05, 0) is 19.9 Å². The first-order chi connectivity index (χ1) is 4.21. The first-order valence-corrected chi connectivity index (χ1v) is 3.29. The number of allylic oxidation sites excluding steroid dienone is 2. The molecule has 1 nitrogen and oxygen atoms in total. The second-order valence-corrected chi connectivity index (χ2v) is 2.99. The van der Waals surface area contributed by atoms with Crippen LogP contribution in [0.25, 0.3) is 0 Å². The molecule has 0 radical (unpaired) electrons. The molecule has 9 heavy (non-hydrogen) atoms. The van der Waals surface area contributed by atoms with Crippen molar-refractivity contribution in [1.82, 2.24) is 0 Å². The van der Waals surface area contributed by atoms with Crippen molar-refractivity contribution in [3.05, 3.63) is 23.5 Å². The largest absolute Gasteiger partial charge is 0.479 e. The van der Waals surface area contributed by atoms with Crippen molar-refractivity contribution in [2.45, 2.75) is 25.9 Å². The van der Waals surface area contributed by atoms with Crippen LogP contribution in [-0.4, -0.2) is 5.60 Å². The summed E-state index contributed by atoms with van der Waals surface area (Å²) >= 11 is 0. The quantitative estimate of drug-likeness (QED) is 0.448. The van der Waals surface area contributed by atoms with E-state index in [9.17, 15) is 0 Å². The summed E-state index contributed by atoms with van der Waals surface area (Å²) in [6, 6.07) is 0. The van der Waals surface area contributed by atoms with E-state index in [0.29, 0.717) is 0 Å². The summed E-state index contributed by atoms with van der Waals surface area (Å²) in [5, 5.41) is 0. The van der Waals surface area contributed by atoms with Gasteiger partial charge in [0.25, 0.3) is 0 Å². The molecule has 0 bridgehead atoms. The molecule has 1 unspecified atom stereocenters. The van der Waals surface area contributed by atoms with Crippen molar-refractivity contribution < 1.29 is 4.74 Å². The Morgan fingerprint density at radius 2 is 2.44 bits per heavy atom. The van der Waals surface area contributed by atoms with E-state index in [1.807, 2.05) is 0 Å². The van der Waals surface area contributed by atoms with Crippen LogP contribution in [0.3, 0.4) is 0 Å². The fraction of sp³-hybridized carbons (Fsp3) is 0.500. The predicted molar refractivity (Wildman–Crippen MR) is 35.9 cm³/mol. The summed E-state index contributed by atoms with van der Waals surface area (Å²) in [6.07, 6.45) is 5.39. The summed E-state index contributed by atoms with van der Waals surface area (Å²) in [6.45, 7) is 4.23. The monoisotopic (exact) mass is 122 g/mol. The van der Waals surface area contributed by atoms with Gasteiger partial charge in [-0.1, -0.05) is 11.6 Å². The lowest BCUT2D eigenvalue weighted by molar-refractivity contribution is 0.334. The van der Waals surface area contributed by atoms with E-state index in [1.54, 1.807) is 0 Å². The standard InChI is InChI=1S/C8H10O/c1-6-3-4-8(2)7(5-6)9-8/h3,5H,4H2,1-2H3. The first kappa shape index (κ1) is 5.10. The lowest BCUT2D eigenvalue weighted by Gasteiger charge is -2.00. The summed E-state index contributed by atoms with van der Waals surface area (Å²) in [5.74, 6) is 1.17. The van der Waals surface area contributed by atoms with Crippen molar-refractivity contribution in [2.75, 3.05) is 0 Å². The van der Waals surface area contributed by atoms with Crippen molar-refractivity contribution in [1.29, 1.82) is 0 Å². The molecule has 1 aliphatic heterocycles. The van der Waals surface area contributed by atoms with Gasteiger partial charge in [0.15, 0.2) is 5.60 Å². The zero-order chi connectivity index (χ0) is 6.48. The van der Waals surface area contributed by atoms with Gasteiger partial charge in [0.2, 0.25) is 0 Å². The fourth-order valence-electron chi connectivity index (χ4n) is 1.16. The Morgan fingerprint density at radius 3 is 3.00 bits per heavy atom. The average molecular weight is 122 g/mol. The molecule has 1 fully saturated rings. The molecular weight excluding hydrogens is 112 g/mol. The van der Waals surface area contributed by atoms with Crippen LogP contribution in [0, 0.1) is 0 Å². The Morgan fingerprint density at radius 1 is 1.67 bits per heavy atom. The van der Waals surface area contributed by atoms with E-state index < -0.39 is 0 Å². The SMILES string of the molecule is CC1=CCC2(C)OC2=C1. The predicted octanol–water partition coefficient (Wildman–Crippen LogP) is 2.01. The Balaban J connectivity index is 2.32. The topological polar surface area (TPSA) is 12.5 Å². The van der Waals surface area contributed by atoms with Gasteiger partial charge < -0.3 is 4.74 Å². The van der Waals surface area contributed by atoms with E-state index in [2.05, 4.69) is 26.0 Å². The molecule has 0 aromatic rings. The van der Waals surface area contributed by atoms with Gasteiger partial charge in [-0.15, -0.1) is 0 Å². The molecule has 1 heterocycles. The molecule has 1 aliphatic carbocycles. The molecular formula is C8H10O. The number of hydrogen-bond acceptors (Lipinski definition) is 1. The third kappa shape index (κ3) is 0.607. The van der Waals surface area contributed by atoms with Crippen LogP contribution in [0.1, 0.15) is 20.3 Å². The van der Waals surface area contributed by atoms with Gasteiger partial charge in [0.05, 0.1) is 0 Å². The highest BCUT2D eigenvalue weighted by molar-refractivity contribution is 5.37. The molecule has 1 saturated heterocycles. The molecule has 1 heteroatoms. The number of epoxide rings is 1. The molecule has 0 saturated carbocycles. The highest BCUT2D eigenvalue weighted by atomic mass is 16.6. The van der Waals surface area contributed by atoms with Crippen molar-refractivity contribution in [2.24, 2.45) is 0 Å². The molecule has 2 aliphatic rings. The van der Waals surface area contributed by atoms with Crippen LogP contribution in [0.2, 0.25) is 0 Å². The molecule has 0 N–H and O–H groups in total. The molecule has 2 rings (SSSR count). The Hall–Kier alpha value is -0.720. The normalized spacial score (nSPS) is 38.0. The van der Waals surface area contributed by atoms with Crippen LogP contribution in [0.15, 0.2) is 23.5 Å². The number of fused-ring (bicyclic) bond motifs is 1. The summed E-state index contributed by atoms with van der Waals surface area (Å²) in [7, 11) is 0. The Labute approximate surface area is 55.0 Å². The zero-order valence-corrected chi connectivity index (χ0v) is 5.77. The van der Waals surface area contributed by atoms with Crippen molar-refractivity contribution in [3.8, 4) is 0 Å². The maximum atomic E-state index is 5.34. The average Bonchev–Trinajstić information content (AvgIpc) is 2.41. The van der Waals surface area contributed by atoms with Gasteiger partial charge in [0.1, 0.15) is 5.76 Å². The third-order valence-electron chi connectivity index (χ3n) is 1.99. The minimum absolute atomic E-state index is 0.111. The van der Waals surface area contributed by atoms with Gasteiger partial charge in [-0.25, -0.2) is 0 Å². The molecule has 1 atom stereocenters. The lowest BCUT2D eigenvalue weighted by atomic mass is 9.99. The number of rotatable bonds is 0. The molecule has 48 valence electrons. The van der Waals surface area contributed by atoms with E-state index >= 15 is 0 Å². The number of hydrogen-bond donors (Lipinski definition) is 0. The Bertz CT molecular complexity index is 213. The molecule has 0 aromatic carbocycles. The number of ether oxygens (including phenoxy) is 1. The van der Waals surface area contributed by atoms with Crippen molar-refractivity contribution >= 4 is 0 Å². The molecule has 0 spiro atoms. The smallest absolute Gasteiger partial charge is 0.166 e. The van der Waals surface area contributed by atoms with Gasteiger partial charge in [-0.3, -0.25) is 0 Å². The maximum Gasteiger partial charge on any atom is 0.166 e. The van der Waals surface area contributed by atoms with E-state index in [0.717, 1.165) is 6.42 Å². The highest BCUT2D eigenvalue weighted by Gasteiger charge is 2.48. The summed E-state index contributed by atoms with van der Waals surface area (Å²) in [4.78, 5) is 0. The van der Waals surface area contributed by atoms with E-state index in [-0.39, 0.29) is 5.60 Å². The minimum atomic E-state index is 0.111. The van der Waals surface area contributed by atoms with E-state index in [4.69, 9.17) is 4.74 Å². The second kappa shape index (κ2) is 1.23. The molecule has 0 aromatic heterocycles. The van der Waals surface area contributed by atoms with Crippen LogP contribution in [0.5, 0.6) is 0 Å². The highest BCUT2D eigenvalue weighted by Crippen LogP contribution is 2.46. The second-order valence-electron chi connectivity index (χ2n) is 2.99.